The summed E-state index contributed by atoms with van der Waals surface area (Å²) in [4.78, 5) is 0. The molecule has 1 aliphatic heterocycles. The van der Waals surface area contributed by atoms with Gasteiger partial charge in [-0.15, -0.1) is 0 Å². The Morgan fingerprint density at radius 2 is 2.23 bits per heavy atom. The first-order chi connectivity index (χ1) is 6.29. The maximum Gasteiger partial charge on any atom is 0.0550 e. The maximum atomic E-state index is 3.29. The molecule has 0 aromatic heterocycles. The van der Waals surface area contributed by atoms with Crippen molar-refractivity contribution in [2.45, 2.75) is 20.3 Å². The van der Waals surface area contributed by atoms with Gasteiger partial charge in [0.15, 0.2) is 0 Å². The number of allylic oxidation sites excluding steroid dienone is 1. The quantitative estimate of drug-likeness (QED) is 0.640. The van der Waals surface area contributed by atoms with Crippen molar-refractivity contribution in [1.29, 1.82) is 0 Å². The second kappa shape index (κ2) is 3.12. The SMILES string of the molecule is CCc1ccc2c(c1)C=C=C(C)N2. The number of benzene rings is 1. The molecule has 1 nitrogen and oxygen atoms in total. The summed E-state index contributed by atoms with van der Waals surface area (Å²) in [6.45, 7) is 4.19. The number of anilines is 1. The molecule has 1 aromatic carbocycles. The molecular weight excluding hydrogens is 158 g/mol. The summed E-state index contributed by atoms with van der Waals surface area (Å²) >= 11 is 0. The van der Waals surface area contributed by atoms with Gasteiger partial charge in [0.2, 0.25) is 0 Å². The number of hydrogen-bond donors (Lipinski definition) is 1. The molecule has 0 unspecified atom stereocenters. The van der Waals surface area contributed by atoms with Crippen LogP contribution in [0.5, 0.6) is 0 Å². The second-order valence-electron chi connectivity index (χ2n) is 3.31. The van der Waals surface area contributed by atoms with E-state index in [1.807, 2.05) is 13.0 Å². The Labute approximate surface area is 78.8 Å². The first kappa shape index (κ1) is 8.15. The lowest BCUT2D eigenvalue weighted by atomic mass is 10.0. The smallest absolute Gasteiger partial charge is 0.0550 e. The fourth-order valence-electron chi connectivity index (χ4n) is 1.49. The van der Waals surface area contributed by atoms with Crippen LogP contribution < -0.4 is 5.32 Å². The van der Waals surface area contributed by atoms with E-state index < -0.39 is 0 Å². The molecule has 0 atom stereocenters. The van der Waals surface area contributed by atoms with Crippen LogP contribution in [0.1, 0.15) is 25.0 Å². The summed E-state index contributed by atoms with van der Waals surface area (Å²) in [6.07, 6.45) is 3.13. The monoisotopic (exact) mass is 171 g/mol. The second-order valence-corrected chi connectivity index (χ2v) is 3.31. The molecule has 66 valence electrons. The van der Waals surface area contributed by atoms with Gasteiger partial charge in [-0.2, -0.15) is 0 Å². The minimum atomic E-state index is 1.08. The van der Waals surface area contributed by atoms with Gasteiger partial charge in [0.05, 0.1) is 5.70 Å². The standard InChI is InChI=1S/C12H13N/c1-3-10-5-7-12-11(8-10)6-4-9(2)13-12/h5-8,13H,3H2,1-2H3. The Bertz CT molecular complexity index is 396. The molecule has 0 spiro atoms. The molecule has 13 heavy (non-hydrogen) atoms. The van der Waals surface area contributed by atoms with E-state index in [2.05, 4.69) is 36.2 Å². The predicted molar refractivity (Wildman–Crippen MR) is 56.6 cm³/mol. The summed E-state index contributed by atoms with van der Waals surface area (Å²) in [5.41, 5.74) is 8.05. The lowest BCUT2D eigenvalue weighted by Crippen LogP contribution is -2.00. The minimum Gasteiger partial charge on any atom is -0.352 e. The third-order valence-corrected chi connectivity index (χ3v) is 2.29. The van der Waals surface area contributed by atoms with E-state index in [4.69, 9.17) is 0 Å². The topological polar surface area (TPSA) is 12.0 Å². The predicted octanol–water partition coefficient (Wildman–Crippen LogP) is 3.19. The van der Waals surface area contributed by atoms with Crippen LogP contribution >= 0.6 is 0 Å². The number of fused-ring (bicyclic) bond motifs is 1. The van der Waals surface area contributed by atoms with Crippen LogP contribution in [0.25, 0.3) is 6.08 Å². The fourth-order valence-corrected chi connectivity index (χ4v) is 1.49. The van der Waals surface area contributed by atoms with Crippen LogP contribution in [0, 0.1) is 0 Å². The molecule has 1 aliphatic rings. The Hall–Kier alpha value is -1.46. The molecular formula is C12H13N. The van der Waals surface area contributed by atoms with E-state index in [0.717, 1.165) is 12.1 Å². The Morgan fingerprint density at radius 1 is 1.38 bits per heavy atom. The van der Waals surface area contributed by atoms with E-state index in [1.54, 1.807) is 0 Å². The van der Waals surface area contributed by atoms with Crippen LogP contribution in [-0.2, 0) is 6.42 Å². The van der Waals surface area contributed by atoms with E-state index in [-0.39, 0.29) is 0 Å². The minimum absolute atomic E-state index is 1.08. The molecule has 1 heteroatoms. The summed E-state index contributed by atoms with van der Waals surface area (Å²) in [7, 11) is 0. The summed E-state index contributed by atoms with van der Waals surface area (Å²) < 4.78 is 0. The summed E-state index contributed by atoms with van der Waals surface area (Å²) in [5.74, 6) is 0. The molecule has 0 saturated carbocycles. The van der Waals surface area contributed by atoms with Gasteiger partial charge in [0, 0.05) is 11.3 Å². The van der Waals surface area contributed by atoms with Gasteiger partial charge < -0.3 is 5.32 Å². The van der Waals surface area contributed by atoms with Crippen LogP contribution in [-0.4, -0.2) is 0 Å². The van der Waals surface area contributed by atoms with Gasteiger partial charge in [-0.05, 0) is 37.1 Å². The van der Waals surface area contributed by atoms with Crippen molar-refractivity contribution in [1.82, 2.24) is 0 Å². The van der Waals surface area contributed by atoms with Crippen molar-refractivity contribution in [3.05, 3.63) is 40.8 Å². The average Bonchev–Trinajstić information content (AvgIpc) is 2.17. The number of hydrogen-bond acceptors (Lipinski definition) is 1. The van der Waals surface area contributed by atoms with Gasteiger partial charge in [-0.1, -0.05) is 18.7 Å². The Morgan fingerprint density at radius 3 is 3.00 bits per heavy atom. The molecule has 2 rings (SSSR count). The zero-order valence-electron chi connectivity index (χ0n) is 8.02. The van der Waals surface area contributed by atoms with Gasteiger partial charge in [-0.3, -0.25) is 0 Å². The first-order valence-corrected chi connectivity index (χ1v) is 4.63. The Balaban J connectivity index is 2.49. The Kier molecular flexibility index (Phi) is 1.96. The van der Waals surface area contributed by atoms with E-state index >= 15 is 0 Å². The average molecular weight is 171 g/mol. The number of rotatable bonds is 1. The molecule has 1 N–H and O–H groups in total. The summed E-state index contributed by atoms with van der Waals surface area (Å²) in [5, 5.41) is 3.29. The highest BCUT2D eigenvalue weighted by molar-refractivity contribution is 5.71. The zero-order valence-corrected chi connectivity index (χ0v) is 8.02. The highest BCUT2D eigenvalue weighted by Gasteiger charge is 2.03. The largest absolute Gasteiger partial charge is 0.352 e. The molecule has 0 amide bonds. The van der Waals surface area contributed by atoms with Crippen molar-refractivity contribution in [2.24, 2.45) is 0 Å². The van der Waals surface area contributed by atoms with Crippen molar-refractivity contribution < 1.29 is 0 Å². The lowest BCUT2D eigenvalue weighted by Gasteiger charge is -2.12. The number of aryl methyl sites for hydroxylation is 1. The molecule has 1 heterocycles. The van der Waals surface area contributed by atoms with Gasteiger partial charge in [0.1, 0.15) is 0 Å². The highest BCUT2D eigenvalue weighted by atomic mass is 14.9. The van der Waals surface area contributed by atoms with Gasteiger partial charge >= 0.3 is 0 Å². The van der Waals surface area contributed by atoms with E-state index in [1.165, 1.54) is 16.8 Å². The van der Waals surface area contributed by atoms with Crippen molar-refractivity contribution >= 4 is 11.8 Å². The lowest BCUT2D eigenvalue weighted by molar-refractivity contribution is 1.14. The van der Waals surface area contributed by atoms with E-state index in [9.17, 15) is 0 Å². The van der Waals surface area contributed by atoms with Crippen LogP contribution in [0.3, 0.4) is 0 Å². The van der Waals surface area contributed by atoms with Crippen molar-refractivity contribution in [3.8, 4) is 0 Å². The van der Waals surface area contributed by atoms with Crippen LogP contribution in [0.4, 0.5) is 5.69 Å². The molecule has 0 bridgehead atoms. The normalized spacial score (nSPS) is 13.2. The molecule has 0 saturated heterocycles. The number of nitrogens with one attached hydrogen (secondary N) is 1. The first-order valence-electron chi connectivity index (χ1n) is 4.63. The summed E-state index contributed by atoms with van der Waals surface area (Å²) in [6, 6.07) is 6.51. The molecule has 0 radical (unpaired) electrons. The third-order valence-electron chi connectivity index (χ3n) is 2.29. The molecule has 1 aromatic rings. The van der Waals surface area contributed by atoms with E-state index in [0.29, 0.717) is 0 Å². The van der Waals surface area contributed by atoms with Gasteiger partial charge in [-0.25, -0.2) is 0 Å². The van der Waals surface area contributed by atoms with Crippen molar-refractivity contribution in [2.75, 3.05) is 5.32 Å². The highest BCUT2D eigenvalue weighted by Crippen LogP contribution is 2.23. The molecule has 0 fully saturated rings. The van der Waals surface area contributed by atoms with Crippen molar-refractivity contribution in [3.63, 3.8) is 0 Å². The zero-order chi connectivity index (χ0) is 9.26. The maximum absolute atomic E-state index is 3.29. The fraction of sp³-hybridized carbons (Fsp3) is 0.250. The third kappa shape index (κ3) is 1.51. The van der Waals surface area contributed by atoms with Crippen LogP contribution in [0.15, 0.2) is 29.6 Å². The van der Waals surface area contributed by atoms with Crippen LogP contribution in [0.2, 0.25) is 0 Å². The van der Waals surface area contributed by atoms with Gasteiger partial charge in [0.25, 0.3) is 0 Å². The molecule has 0 aliphatic carbocycles.